The summed E-state index contributed by atoms with van der Waals surface area (Å²) in [5, 5.41) is 8.79. The molecular weight excluding hydrogens is 280 g/mol. The molecule has 0 fully saturated rings. The van der Waals surface area contributed by atoms with E-state index in [0.29, 0.717) is 12.1 Å². The van der Waals surface area contributed by atoms with E-state index in [-0.39, 0.29) is 10.7 Å². The van der Waals surface area contributed by atoms with E-state index in [0.717, 1.165) is 12.0 Å². The van der Waals surface area contributed by atoms with Crippen molar-refractivity contribution in [3.63, 3.8) is 0 Å². The van der Waals surface area contributed by atoms with Crippen molar-refractivity contribution in [1.29, 1.82) is 5.26 Å². The van der Waals surface area contributed by atoms with E-state index < -0.39 is 0 Å². The lowest BCUT2D eigenvalue weighted by Crippen LogP contribution is -2.32. The number of halogens is 1. The van der Waals surface area contributed by atoms with Crippen LogP contribution in [-0.4, -0.2) is 22.7 Å². The number of rotatable bonds is 4. The molecule has 0 spiro atoms. The first-order valence-electron chi connectivity index (χ1n) is 5.46. The van der Waals surface area contributed by atoms with E-state index in [4.69, 9.17) is 5.26 Å². The Hall–Kier alpha value is -1.34. The van der Waals surface area contributed by atoms with Crippen molar-refractivity contribution in [2.45, 2.75) is 24.7 Å². The van der Waals surface area contributed by atoms with E-state index in [1.807, 2.05) is 19.1 Å². The predicted octanol–water partition coefficient (Wildman–Crippen LogP) is 2.69. The van der Waals surface area contributed by atoms with Gasteiger partial charge in [0.05, 0.1) is 16.5 Å². The fourth-order valence-electron chi connectivity index (χ4n) is 1.50. The molecule has 1 atom stereocenters. The lowest BCUT2D eigenvalue weighted by atomic mass is 10.1. The first-order valence-corrected chi connectivity index (χ1v) is 6.38. The van der Waals surface area contributed by atoms with Crippen LogP contribution >= 0.6 is 15.9 Å². The highest BCUT2D eigenvalue weighted by atomic mass is 79.9. The van der Waals surface area contributed by atoms with Gasteiger partial charge in [-0.15, -0.1) is 0 Å². The lowest BCUT2D eigenvalue weighted by molar-refractivity contribution is -0.129. The number of benzene rings is 1. The third-order valence-corrected chi connectivity index (χ3v) is 3.52. The van der Waals surface area contributed by atoms with E-state index in [9.17, 15) is 4.79 Å². The number of carbonyl (C=O) groups is 1. The summed E-state index contributed by atoms with van der Waals surface area (Å²) < 4.78 is 0. The van der Waals surface area contributed by atoms with Crippen LogP contribution in [0.15, 0.2) is 24.3 Å². The molecule has 0 heterocycles. The van der Waals surface area contributed by atoms with Gasteiger partial charge >= 0.3 is 0 Å². The maximum atomic E-state index is 11.8. The summed E-state index contributed by atoms with van der Waals surface area (Å²) >= 11 is 3.34. The highest BCUT2D eigenvalue weighted by Gasteiger charge is 2.17. The molecule has 1 rings (SSSR count). The topological polar surface area (TPSA) is 44.1 Å². The van der Waals surface area contributed by atoms with E-state index >= 15 is 0 Å². The van der Waals surface area contributed by atoms with Crippen LogP contribution in [0.1, 0.15) is 24.5 Å². The fourth-order valence-corrected chi connectivity index (χ4v) is 1.85. The van der Waals surface area contributed by atoms with Gasteiger partial charge in [0.1, 0.15) is 0 Å². The minimum Gasteiger partial charge on any atom is -0.340 e. The second kappa shape index (κ2) is 6.41. The molecule has 1 amide bonds. The van der Waals surface area contributed by atoms with Gasteiger partial charge in [0.2, 0.25) is 5.91 Å². The smallest absolute Gasteiger partial charge is 0.236 e. The summed E-state index contributed by atoms with van der Waals surface area (Å²) in [6, 6.07) is 9.40. The summed E-state index contributed by atoms with van der Waals surface area (Å²) in [5.74, 6) is 0.0647. The minimum absolute atomic E-state index is 0.0647. The van der Waals surface area contributed by atoms with Crippen molar-refractivity contribution in [2.75, 3.05) is 7.05 Å². The first kappa shape index (κ1) is 13.7. The Morgan fingerprint density at radius 2 is 2.29 bits per heavy atom. The SMILES string of the molecule is CCC(Br)C(=O)N(C)Cc1cccc(C#N)c1. The molecule has 1 unspecified atom stereocenters. The van der Waals surface area contributed by atoms with Crippen LogP contribution < -0.4 is 0 Å². The summed E-state index contributed by atoms with van der Waals surface area (Å²) in [7, 11) is 1.77. The Morgan fingerprint density at radius 1 is 1.59 bits per heavy atom. The van der Waals surface area contributed by atoms with Gasteiger partial charge in [-0.25, -0.2) is 0 Å². The van der Waals surface area contributed by atoms with E-state index in [1.54, 1.807) is 24.1 Å². The number of nitrogens with zero attached hydrogens (tertiary/aromatic N) is 2. The highest BCUT2D eigenvalue weighted by Crippen LogP contribution is 2.12. The highest BCUT2D eigenvalue weighted by molar-refractivity contribution is 9.10. The van der Waals surface area contributed by atoms with Gasteiger partial charge in [-0.05, 0) is 24.1 Å². The Morgan fingerprint density at radius 3 is 2.88 bits per heavy atom. The quantitative estimate of drug-likeness (QED) is 0.802. The zero-order chi connectivity index (χ0) is 12.8. The van der Waals surface area contributed by atoms with Gasteiger partial charge in [0, 0.05) is 13.6 Å². The molecule has 0 saturated heterocycles. The molecule has 0 aliphatic heterocycles. The molecule has 0 aliphatic rings. The predicted molar refractivity (Wildman–Crippen MR) is 70.6 cm³/mol. The Kier molecular flexibility index (Phi) is 5.17. The normalized spacial score (nSPS) is 11.6. The second-order valence-electron chi connectivity index (χ2n) is 3.88. The largest absolute Gasteiger partial charge is 0.340 e. The summed E-state index contributed by atoms with van der Waals surface area (Å²) in [4.78, 5) is 13.4. The van der Waals surface area contributed by atoms with Crippen LogP contribution in [-0.2, 0) is 11.3 Å². The molecule has 0 N–H and O–H groups in total. The minimum atomic E-state index is -0.133. The summed E-state index contributed by atoms with van der Waals surface area (Å²) in [6.45, 7) is 2.48. The zero-order valence-corrected chi connectivity index (χ0v) is 11.6. The monoisotopic (exact) mass is 294 g/mol. The van der Waals surface area contributed by atoms with Crippen molar-refractivity contribution in [2.24, 2.45) is 0 Å². The van der Waals surface area contributed by atoms with Crippen molar-refractivity contribution in [3.05, 3.63) is 35.4 Å². The van der Waals surface area contributed by atoms with Gasteiger partial charge in [-0.1, -0.05) is 35.0 Å². The Bertz CT molecular complexity index is 439. The fraction of sp³-hybridized carbons (Fsp3) is 0.385. The van der Waals surface area contributed by atoms with Crippen molar-refractivity contribution < 1.29 is 4.79 Å². The third kappa shape index (κ3) is 3.86. The van der Waals surface area contributed by atoms with Crippen LogP contribution in [0.2, 0.25) is 0 Å². The number of hydrogen-bond acceptors (Lipinski definition) is 2. The van der Waals surface area contributed by atoms with Gasteiger partial charge in [-0.2, -0.15) is 5.26 Å². The Balaban J connectivity index is 2.71. The van der Waals surface area contributed by atoms with Crippen LogP contribution in [0, 0.1) is 11.3 Å². The number of alkyl halides is 1. The molecule has 0 aliphatic carbocycles. The van der Waals surface area contributed by atoms with Crippen molar-refractivity contribution in [3.8, 4) is 6.07 Å². The number of nitriles is 1. The molecular formula is C13H15BrN2O. The van der Waals surface area contributed by atoms with E-state index in [1.165, 1.54) is 0 Å². The van der Waals surface area contributed by atoms with Gasteiger partial charge in [-0.3, -0.25) is 4.79 Å². The maximum Gasteiger partial charge on any atom is 0.236 e. The number of hydrogen-bond donors (Lipinski definition) is 0. The zero-order valence-electron chi connectivity index (χ0n) is 9.98. The first-order chi connectivity index (χ1) is 8.08. The van der Waals surface area contributed by atoms with Crippen molar-refractivity contribution in [1.82, 2.24) is 4.90 Å². The van der Waals surface area contributed by atoms with E-state index in [2.05, 4.69) is 22.0 Å². The Labute approximate surface area is 110 Å². The lowest BCUT2D eigenvalue weighted by Gasteiger charge is -2.19. The molecule has 4 heteroatoms. The number of amides is 1. The van der Waals surface area contributed by atoms with Crippen LogP contribution in [0.3, 0.4) is 0 Å². The van der Waals surface area contributed by atoms with Gasteiger partial charge in [0.15, 0.2) is 0 Å². The van der Waals surface area contributed by atoms with Gasteiger partial charge in [0.25, 0.3) is 0 Å². The molecule has 0 radical (unpaired) electrons. The third-order valence-electron chi connectivity index (χ3n) is 2.48. The molecule has 1 aromatic carbocycles. The second-order valence-corrected chi connectivity index (χ2v) is 4.99. The molecule has 0 saturated carbocycles. The maximum absolute atomic E-state index is 11.8. The van der Waals surface area contributed by atoms with Crippen molar-refractivity contribution >= 4 is 21.8 Å². The molecule has 17 heavy (non-hydrogen) atoms. The molecule has 3 nitrogen and oxygen atoms in total. The van der Waals surface area contributed by atoms with Crippen LogP contribution in [0.25, 0.3) is 0 Å². The molecule has 1 aromatic rings. The van der Waals surface area contributed by atoms with Crippen LogP contribution in [0.4, 0.5) is 0 Å². The molecule has 90 valence electrons. The van der Waals surface area contributed by atoms with Crippen LogP contribution in [0.5, 0.6) is 0 Å². The number of carbonyl (C=O) groups excluding carboxylic acids is 1. The summed E-state index contributed by atoms with van der Waals surface area (Å²) in [5.41, 5.74) is 1.59. The summed E-state index contributed by atoms with van der Waals surface area (Å²) in [6.07, 6.45) is 0.765. The van der Waals surface area contributed by atoms with Gasteiger partial charge < -0.3 is 4.90 Å². The standard InChI is InChI=1S/C13H15BrN2O/c1-3-12(14)13(17)16(2)9-11-6-4-5-10(7-11)8-15/h4-7,12H,3,9H2,1-2H3. The molecule has 0 aromatic heterocycles. The average Bonchev–Trinajstić information content (AvgIpc) is 2.37. The average molecular weight is 295 g/mol. The molecule has 0 bridgehead atoms.